The fourth-order valence-corrected chi connectivity index (χ4v) is 1.60. The zero-order valence-corrected chi connectivity index (χ0v) is 7.98. The second-order valence-corrected chi connectivity index (χ2v) is 3.39. The first-order valence-electron chi connectivity index (χ1n) is 4.86. The van der Waals surface area contributed by atoms with Gasteiger partial charge in [0.1, 0.15) is 6.29 Å². The summed E-state index contributed by atoms with van der Waals surface area (Å²) >= 11 is 0. The zero-order chi connectivity index (χ0) is 9.52. The number of rotatable bonds is 5. The van der Waals surface area contributed by atoms with Gasteiger partial charge < -0.3 is 14.8 Å². The van der Waals surface area contributed by atoms with Gasteiger partial charge in [0.15, 0.2) is 0 Å². The molecule has 76 valence electrons. The molecule has 1 heterocycles. The van der Waals surface area contributed by atoms with E-state index in [2.05, 4.69) is 9.80 Å². The highest BCUT2D eigenvalue weighted by Crippen LogP contribution is 2.00. The number of nitrogens with zero attached hydrogens (tertiary/aromatic N) is 2. The van der Waals surface area contributed by atoms with Crippen molar-refractivity contribution in [2.24, 2.45) is 0 Å². The molecule has 4 heteroatoms. The predicted molar refractivity (Wildman–Crippen MR) is 50.6 cm³/mol. The first-order chi connectivity index (χ1) is 6.36. The van der Waals surface area contributed by atoms with Gasteiger partial charge >= 0.3 is 0 Å². The predicted octanol–water partition coefficient (Wildman–Crippen LogP) is -0.815. The topological polar surface area (TPSA) is 43.8 Å². The Balaban J connectivity index is 2.11. The SMILES string of the molecule is O=CCN1CCN(CCCO)CC1. The van der Waals surface area contributed by atoms with Crippen LogP contribution in [0.4, 0.5) is 0 Å². The van der Waals surface area contributed by atoms with Crippen LogP contribution in [-0.2, 0) is 4.79 Å². The van der Waals surface area contributed by atoms with Crippen molar-refractivity contribution in [1.29, 1.82) is 0 Å². The highest BCUT2D eigenvalue weighted by atomic mass is 16.3. The maximum absolute atomic E-state index is 10.2. The molecule has 0 bridgehead atoms. The lowest BCUT2D eigenvalue weighted by atomic mass is 10.3. The van der Waals surface area contributed by atoms with E-state index < -0.39 is 0 Å². The van der Waals surface area contributed by atoms with E-state index in [0.717, 1.165) is 45.4 Å². The second kappa shape index (κ2) is 6.07. The Bertz CT molecular complexity index is 145. The van der Waals surface area contributed by atoms with Crippen LogP contribution in [0, 0.1) is 0 Å². The Kier molecular flexibility index (Phi) is 4.97. The monoisotopic (exact) mass is 186 g/mol. The molecule has 0 radical (unpaired) electrons. The van der Waals surface area contributed by atoms with Crippen LogP contribution < -0.4 is 0 Å². The van der Waals surface area contributed by atoms with Crippen molar-refractivity contribution >= 4 is 6.29 Å². The Morgan fingerprint density at radius 3 is 2.31 bits per heavy atom. The van der Waals surface area contributed by atoms with Crippen LogP contribution in [-0.4, -0.2) is 67.1 Å². The first kappa shape index (κ1) is 10.6. The van der Waals surface area contributed by atoms with E-state index in [1.807, 2.05) is 0 Å². The molecule has 0 saturated carbocycles. The molecule has 0 unspecified atom stereocenters. The number of carbonyl (C=O) groups is 1. The lowest BCUT2D eigenvalue weighted by Gasteiger charge is -2.33. The molecule has 1 saturated heterocycles. The van der Waals surface area contributed by atoms with Crippen molar-refractivity contribution < 1.29 is 9.90 Å². The van der Waals surface area contributed by atoms with Crippen molar-refractivity contribution in [3.05, 3.63) is 0 Å². The van der Waals surface area contributed by atoms with Gasteiger partial charge in [-0.1, -0.05) is 0 Å². The quantitative estimate of drug-likeness (QED) is 0.570. The van der Waals surface area contributed by atoms with E-state index in [4.69, 9.17) is 5.11 Å². The first-order valence-corrected chi connectivity index (χ1v) is 4.86. The molecule has 0 amide bonds. The molecule has 1 aliphatic heterocycles. The molecular formula is C9H18N2O2. The number of piperazine rings is 1. The van der Waals surface area contributed by atoms with E-state index in [-0.39, 0.29) is 6.61 Å². The Labute approximate surface area is 79.1 Å². The molecule has 0 spiro atoms. The maximum Gasteiger partial charge on any atom is 0.133 e. The van der Waals surface area contributed by atoms with Gasteiger partial charge in [-0.05, 0) is 6.42 Å². The summed E-state index contributed by atoms with van der Waals surface area (Å²) in [4.78, 5) is 14.7. The molecule has 4 nitrogen and oxygen atoms in total. The Morgan fingerprint density at radius 1 is 1.15 bits per heavy atom. The van der Waals surface area contributed by atoms with Crippen LogP contribution >= 0.6 is 0 Å². The highest BCUT2D eigenvalue weighted by molar-refractivity contribution is 5.51. The van der Waals surface area contributed by atoms with Crippen molar-refractivity contribution in [1.82, 2.24) is 9.80 Å². The third kappa shape index (κ3) is 3.85. The fraction of sp³-hybridized carbons (Fsp3) is 0.889. The highest BCUT2D eigenvalue weighted by Gasteiger charge is 2.15. The van der Waals surface area contributed by atoms with E-state index in [9.17, 15) is 4.79 Å². The summed E-state index contributed by atoms with van der Waals surface area (Å²) in [6.45, 7) is 5.81. The summed E-state index contributed by atoms with van der Waals surface area (Å²) in [7, 11) is 0. The molecule has 0 aromatic carbocycles. The van der Waals surface area contributed by atoms with E-state index in [1.54, 1.807) is 0 Å². The van der Waals surface area contributed by atoms with Gasteiger partial charge in [-0.25, -0.2) is 0 Å². The summed E-state index contributed by atoms with van der Waals surface area (Å²) in [6, 6.07) is 0. The number of hydrogen-bond donors (Lipinski definition) is 1. The minimum Gasteiger partial charge on any atom is -0.396 e. The zero-order valence-electron chi connectivity index (χ0n) is 7.98. The van der Waals surface area contributed by atoms with Crippen LogP contribution in [0.15, 0.2) is 0 Å². The number of carbonyl (C=O) groups excluding carboxylic acids is 1. The summed E-state index contributed by atoms with van der Waals surface area (Å²) < 4.78 is 0. The average Bonchev–Trinajstić information content (AvgIpc) is 2.17. The lowest BCUT2D eigenvalue weighted by molar-refractivity contribution is -0.109. The van der Waals surface area contributed by atoms with Gasteiger partial charge in [0.05, 0.1) is 6.54 Å². The Morgan fingerprint density at radius 2 is 1.77 bits per heavy atom. The largest absolute Gasteiger partial charge is 0.396 e. The van der Waals surface area contributed by atoms with Crippen LogP contribution in [0.25, 0.3) is 0 Å². The molecule has 1 fully saturated rings. The van der Waals surface area contributed by atoms with Gasteiger partial charge in [0.2, 0.25) is 0 Å². The molecule has 0 aromatic rings. The molecular weight excluding hydrogens is 168 g/mol. The van der Waals surface area contributed by atoms with Crippen LogP contribution in [0.5, 0.6) is 0 Å². The normalized spacial score (nSPS) is 20.4. The molecule has 13 heavy (non-hydrogen) atoms. The van der Waals surface area contributed by atoms with Gasteiger partial charge in [0.25, 0.3) is 0 Å². The van der Waals surface area contributed by atoms with E-state index >= 15 is 0 Å². The molecule has 1 rings (SSSR count). The second-order valence-electron chi connectivity index (χ2n) is 3.39. The fourth-order valence-electron chi connectivity index (χ4n) is 1.60. The standard InChI is InChI=1S/C9H18N2O2/c12-8-1-2-10-3-5-11(6-4-10)7-9-13/h9,12H,1-8H2. The molecule has 1 aliphatic rings. The summed E-state index contributed by atoms with van der Waals surface area (Å²) in [5, 5.41) is 8.65. The van der Waals surface area contributed by atoms with Gasteiger partial charge in [-0.15, -0.1) is 0 Å². The number of aliphatic hydroxyl groups excluding tert-OH is 1. The average molecular weight is 186 g/mol. The van der Waals surface area contributed by atoms with Gasteiger partial charge in [-0.3, -0.25) is 4.90 Å². The van der Waals surface area contributed by atoms with Crippen LogP contribution in [0.3, 0.4) is 0 Å². The third-order valence-electron chi connectivity index (χ3n) is 2.43. The number of aliphatic hydroxyl groups is 1. The van der Waals surface area contributed by atoms with Crippen LogP contribution in [0.1, 0.15) is 6.42 Å². The van der Waals surface area contributed by atoms with E-state index in [1.165, 1.54) is 0 Å². The molecule has 1 N–H and O–H groups in total. The van der Waals surface area contributed by atoms with Crippen molar-refractivity contribution in [2.75, 3.05) is 45.9 Å². The van der Waals surface area contributed by atoms with Crippen molar-refractivity contribution in [3.8, 4) is 0 Å². The minimum atomic E-state index is 0.272. The van der Waals surface area contributed by atoms with E-state index in [0.29, 0.717) is 6.54 Å². The van der Waals surface area contributed by atoms with Crippen LogP contribution in [0.2, 0.25) is 0 Å². The molecule has 0 atom stereocenters. The minimum absolute atomic E-state index is 0.272. The smallest absolute Gasteiger partial charge is 0.133 e. The number of aldehydes is 1. The van der Waals surface area contributed by atoms with Gasteiger partial charge in [0, 0.05) is 39.3 Å². The molecule has 0 aromatic heterocycles. The van der Waals surface area contributed by atoms with Crippen molar-refractivity contribution in [2.45, 2.75) is 6.42 Å². The maximum atomic E-state index is 10.2. The lowest BCUT2D eigenvalue weighted by Crippen LogP contribution is -2.47. The van der Waals surface area contributed by atoms with Crippen molar-refractivity contribution in [3.63, 3.8) is 0 Å². The molecule has 0 aliphatic carbocycles. The Hall–Kier alpha value is -0.450. The third-order valence-corrected chi connectivity index (χ3v) is 2.43. The number of hydrogen-bond acceptors (Lipinski definition) is 4. The summed E-state index contributed by atoms with van der Waals surface area (Å²) in [6.07, 6.45) is 1.82. The summed E-state index contributed by atoms with van der Waals surface area (Å²) in [5.41, 5.74) is 0. The summed E-state index contributed by atoms with van der Waals surface area (Å²) in [5.74, 6) is 0. The van der Waals surface area contributed by atoms with Gasteiger partial charge in [-0.2, -0.15) is 0 Å².